The highest BCUT2D eigenvalue weighted by Crippen LogP contribution is 2.32. The first-order valence-corrected chi connectivity index (χ1v) is 8.39. The van der Waals surface area contributed by atoms with E-state index in [0.717, 1.165) is 16.7 Å². The molecular formula is C16H12FN3O3S2. The highest BCUT2D eigenvalue weighted by atomic mass is 32.2. The van der Waals surface area contributed by atoms with Gasteiger partial charge in [-0.2, -0.15) is 0 Å². The fourth-order valence-electron chi connectivity index (χ4n) is 2.12. The monoisotopic (exact) mass is 377 g/mol. The summed E-state index contributed by atoms with van der Waals surface area (Å²) >= 11 is 6.18. The minimum Gasteiger partial charge on any atom is -0.360 e. The number of thioether (sulfide) groups is 1. The number of benzene rings is 1. The highest BCUT2D eigenvalue weighted by molar-refractivity contribution is 8.26. The van der Waals surface area contributed by atoms with Gasteiger partial charge in [0, 0.05) is 11.6 Å². The summed E-state index contributed by atoms with van der Waals surface area (Å²) in [5.74, 6) is -0.531. The van der Waals surface area contributed by atoms with Crippen LogP contribution in [0.3, 0.4) is 0 Å². The predicted octanol–water partition coefficient (Wildman–Crippen LogP) is 2.96. The van der Waals surface area contributed by atoms with Gasteiger partial charge in [0.05, 0.1) is 4.91 Å². The van der Waals surface area contributed by atoms with Crippen LogP contribution < -0.4 is 5.32 Å². The van der Waals surface area contributed by atoms with Gasteiger partial charge in [-0.25, -0.2) is 4.39 Å². The number of halogens is 1. The lowest BCUT2D eigenvalue weighted by Gasteiger charge is -2.13. The lowest BCUT2D eigenvalue weighted by atomic mass is 10.2. The number of hydrogen-bond donors (Lipinski definition) is 1. The number of anilines is 1. The van der Waals surface area contributed by atoms with Gasteiger partial charge in [0.1, 0.15) is 22.4 Å². The number of nitrogens with zero attached hydrogens (tertiary/aromatic N) is 2. The second-order valence-electron chi connectivity index (χ2n) is 5.16. The Bertz CT molecular complexity index is 894. The summed E-state index contributed by atoms with van der Waals surface area (Å²) in [6.45, 7) is 1.43. The van der Waals surface area contributed by atoms with Crippen LogP contribution in [0.1, 0.15) is 11.3 Å². The van der Waals surface area contributed by atoms with E-state index in [1.165, 1.54) is 12.1 Å². The molecule has 1 aliphatic heterocycles. The molecule has 9 heteroatoms. The molecule has 1 N–H and O–H groups in total. The quantitative estimate of drug-likeness (QED) is 0.652. The molecule has 1 aromatic heterocycles. The molecule has 0 spiro atoms. The minimum absolute atomic E-state index is 0.235. The van der Waals surface area contributed by atoms with E-state index < -0.39 is 17.6 Å². The van der Waals surface area contributed by atoms with Gasteiger partial charge in [-0.3, -0.25) is 14.5 Å². The Balaban J connectivity index is 1.71. The molecule has 25 heavy (non-hydrogen) atoms. The molecule has 0 bridgehead atoms. The molecule has 6 nitrogen and oxygen atoms in total. The van der Waals surface area contributed by atoms with Gasteiger partial charge in [0.25, 0.3) is 5.91 Å². The van der Waals surface area contributed by atoms with E-state index >= 15 is 0 Å². The molecule has 0 radical (unpaired) electrons. The molecule has 1 aliphatic rings. The van der Waals surface area contributed by atoms with E-state index in [2.05, 4.69) is 10.5 Å². The lowest BCUT2D eigenvalue weighted by Crippen LogP contribution is -2.36. The van der Waals surface area contributed by atoms with Gasteiger partial charge >= 0.3 is 0 Å². The number of amides is 2. The Morgan fingerprint density at radius 2 is 2.24 bits per heavy atom. The van der Waals surface area contributed by atoms with Gasteiger partial charge in [-0.15, -0.1) is 0 Å². The van der Waals surface area contributed by atoms with Crippen LogP contribution in [-0.4, -0.2) is 32.7 Å². The van der Waals surface area contributed by atoms with Crippen molar-refractivity contribution in [1.29, 1.82) is 0 Å². The van der Waals surface area contributed by atoms with Gasteiger partial charge < -0.3 is 9.84 Å². The van der Waals surface area contributed by atoms with Crippen LogP contribution in [0.5, 0.6) is 0 Å². The zero-order valence-corrected chi connectivity index (χ0v) is 14.6. The first-order valence-electron chi connectivity index (χ1n) is 7.17. The molecule has 3 rings (SSSR count). The minimum atomic E-state index is -0.461. The molecule has 1 saturated heterocycles. The molecule has 0 aliphatic carbocycles. The molecule has 0 unspecified atom stereocenters. The van der Waals surface area contributed by atoms with E-state index in [1.54, 1.807) is 31.2 Å². The number of rotatable bonds is 4. The zero-order valence-electron chi connectivity index (χ0n) is 13.0. The van der Waals surface area contributed by atoms with Crippen LogP contribution >= 0.6 is 24.0 Å². The van der Waals surface area contributed by atoms with Crippen LogP contribution in [0.25, 0.3) is 6.08 Å². The van der Waals surface area contributed by atoms with Crippen molar-refractivity contribution in [2.24, 2.45) is 0 Å². The molecule has 128 valence electrons. The number of aryl methyl sites for hydroxylation is 1. The van der Waals surface area contributed by atoms with Crippen LogP contribution in [0, 0.1) is 12.7 Å². The third-order valence-corrected chi connectivity index (χ3v) is 4.64. The third-order valence-electron chi connectivity index (χ3n) is 3.26. The van der Waals surface area contributed by atoms with Crippen LogP contribution in [0.2, 0.25) is 0 Å². The molecule has 1 aromatic carbocycles. The standard InChI is InChI=1S/C16H12FN3O3S2/c1-9-6-13(19-23-9)18-14(21)8-20-15(22)12(25-16(20)24)7-10-4-2-3-5-11(10)17/h2-7H,8H2,1H3,(H,18,19,21). The Morgan fingerprint density at radius 1 is 1.48 bits per heavy atom. The van der Waals surface area contributed by atoms with Crippen molar-refractivity contribution in [1.82, 2.24) is 10.1 Å². The molecule has 0 saturated carbocycles. The maximum absolute atomic E-state index is 13.7. The summed E-state index contributed by atoms with van der Waals surface area (Å²) in [5.41, 5.74) is 0.283. The van der Waals surface area contributed by atoms with Crippen LogP contribution in [-0.2, 0) is 9.59 Å². The van der Waals surface area contributed by atoms with Crippen molar-refractivity contribution in [3.8, 4) is 0 Å². The van der Waals surface area contributed by atoms with E-state index in [-0.39, 0.29) is 27.2 Å². The number of hydrogen-bond acceptors (Lipinski definition) is 6. The Hall–Kier alpha value is -2.52. The van der Waals surface area contributed by atoms with Crippen molar-refractivity contribution < 1.29 is 18.5 Å². The fraction of sp³-hybridized carbons (Fsp3) is 0.125. The first kappa shape index (κ1) is 17.3. The predicted molar refractivity (Wildman–Crippen MR) is 96.1 cm³/mol. The summed E-state index contributed by atoms with van der Waals surface area (Å²) < 4.78 is 18.8. The van der Waals surface area contributed by atoms with Crippen molar-refractivity contribution in [3.05, 3.63) is 52.4 Å². The van der Waals surface area contributed by atoms with E-state index in [9.17, 15) is 14.0 Å². The molecular weight excluding hydrogens is 365 g/mol. The van der Waals surface area contributed by atoms with Crippen molar-refractivity contribution in [2.75, 3.05) is 11.9 Å². The summed E-state index contributed by atoms with van der Waals surface area (Å²) in [5, 5.41) is 6.17. The van der Waals surface area contributed by atoms with Crippen molar-refractivity contribution in [2.45, 2.75) is 6.92 Å². The number of carbonyl (C=O) groups excluding carboxylic acids is 2. The number of thiocarbonyl (C=S) groups is 1. The average molecular weight is 377 g/mol. The van der Waals surface area contributed by atoms with Gasteiger partial charge in [-0.1, -0.05) is 47.3 Å². The van der Waals surface area contributed by atoms with Gasteiger partial charge in [0.2, 0.25) is 5.91 Å². The first-order chi connectivity index (χ1) is 11.9. The Morgan fingerprint density at radius 3 is 2.92 bits per heavy atom. The number of aromatic nitrogens is 1. The SMILES string of the molecule is Cc1cc(NC(=O)CN2C(=O)C(=Cc3ccccc3F)SC2=S)no1. The molecule has 2 amide bonds. The Kier molecular flexibility index (Phi) is 4.95. The van der Waals surface area contributed by atoms with E-state index in [1.807, 2.05) is 0 Å². The highest BCUT2D eigenvalue weighted by Gasteiger charge is 2.33. The molecule has 2 heterocycles. The second kappa shape index (κ2) is 7.16. The molecule has 2 aromatic rings. The average Bonchev–Trinajstić information content (AvgIpc) is 3.08. The summed E-state index contributed by atoms with van der Waals surface area (Å²) in [7, 11) is 0. The van der Waals surface area contributed by atoms with Gasteiger partial charge in [-0.05, 0) is 19.1 Å². The van der Waals surface area contributed by atoms with Gasteiger partial charge in [0.15, 0.2) is 5.82 Å². The second-order valence-corrected chi connectivity index (χ2v) is 6.84. The molecule has 1 fully saturated rings. The van der Waals surface area contributed by atoms with E-state index in [4.69, 9.17) is 16.7 Å². The maximum Gasteiger partial charge on any atom is 0.266 e. The molecule has 0 atom stereocenters. The van der Waals surface area contributed by atoms with Crippen LogP contribution in [0.15, 0.2) is 39.8 Å². The third kappa shape index (κ3) is 3.94. The van der Waals surface area contributed by atoms with Crippen molar-refractivity contribution >= 4 is 52.0 Å². The Labute approximate surface area is 152 Å². The summed E-state index contributed by atoms with van der Waals surface area (Å²) in [4.78, 5) is 25.9. The largest absolute Gasteiger partial charge is 0.360 e. The van der Waals surface area contributed by atoms with Crippen molar-refractivity contribution in [3.63, 3.8) is 0 Å². The smallest absolute Gasteiger partial charge is 0.266 e. The fourth-order valence-corrected chi connectivity index (χ4v) is 3.37. The summed E-state index contributed by atoms with van der Waals surface area (Å²) in [6, 6.07) is 7.65. The zero-order chi connectivity index (χ0) is 18.0. The normalized spacial score (nSPS) is 15.9. The maximum atomic E-state index is 13.7. The summed E-state index contributed by atoms with van der Waals surface area (Å²) in [6.07, 6.45) is 1.42. The van der Waals surface area contributed by atoms with E-state index in [0.29, 0.717) is 5.76 Å². The topological polar surface area (TPSA) is 75.4 Å². The number of nitrogens with one attached hydrogen (secondary N) is 1. The van der Waals surface area contributed by atoms with Crippen LogP contribution in [0.4, 0.5) is 10.2 Å². The lowest BCUT2D eigenvalue weighted by molar-refractivity contribution is -0.126. The number of carbonyl (C=O) groups is 2.